The second kappa shape index (κ2) is 15.9. The van der Waals surface area contributed by atoms with Crippen molar-refractivity contribution in [3.05, 3.63) is 12.7 Å². The summed E-state index contributed by atoms with van der Waals surface area (Å²) in [5, 5.41) is 15.5. The van der Waals surface area contributed by atoms with Gasteiger partial charge in [-0.05, 0) is 52.4 Å². The number of rotatable bonds is 19. The first-order valence-corrected chi connectivity index (χ1v) is 20.1. The van der Waals surface area contributed by atoms with Gasteiger partial charge in [0.15, 0.2) is 29.1 Å². The molecule has 1 spiro atoms. The summed E-state index contributed by atoms with van der Waals surface area (Å²) in [6.07, 6.45) is 10.6. The normalized spacial score (nSPS) is 30.3. The highest BCUT2D eigenvalue weighted by Gasteiger charge is 2.84. The van der Waals surface area contributed by atoms with Crippen LogP contribution in [0.15, 0.2) is 12.7 Å². The molecule has 6 heterocycles. The van der Waals surface area contributed by atoms with Gasteiger partial charge in [0, 0.05) is 43.4 Å². The number of thioether (sulfide) groups is 1. The number of hydrogen-bond donors (Lipinski definition) is 6. The van der Waals surface area contributed by atoms with E-state index in [1.807, 2.05) is 25.6 Å². The van der Waals surface area contributed by atoms with Crippen molar-refractivity contribution >= 4 is 52.5 Å². The summed E-state index contributed by atoms with van der Waals surface area (Å²) in [7, 11) is 0. The lowest BCUT2D eigenvalue weighted by Gasteiger charge is -2.24. The minimum atomic E-state index is -0.854. The number of nitrogens with two attached hydrogens (primary N) is 1. The zero-order valence-corrected chi connectivity index (χ0v) is 31.3. The number of nitrogen functional groups attached to an aromatic ring is 1. The smallest absolute Gasteiger partial charge is 0.315 e. The summed E-state index contributed by atoms with van der Waals surface area (Å²) in [5.41, 5.74) is 6.20. The molecule has 17 nitrogen and oxygen atoms in total. The van der Waals surface area contributed by atoms with E-state index in [-0.39, 0.29) is 53.8 Å². The Morgan fingerprint density at radius 2 is 1.62 bits per heavy atom. The molecule has 1 aliphatic carbocycles. The number of amides is 5. The number of aromatic nitrogens is 4. The molecule has 8 atom stereocenters. The lowest BCUT2D eigenvalue weighted by Crippen LogP contribution is -2.41. The number of carbonyl (C=O) groups excluding carboxylic acids is 4. The molecule has 0 aromatic carbocycles. The number of nitrogens with one attached hydrogen (secondary N) is 5. The SMILES string of the molecule is CC1(C)O[C@H]2[C@H](n3cnc4c(N)ncnc43)O[C@@H]3C(NC(=O)CCCCCNC(=O)CCCCCNC(=O)CCCC[C@@H]4SC[C@@H]5NC(=O)N[C@@H]54)[C@@]32O1. The van der Waals surface area contributed by atoms with Gasteiger partial charge < -0.3 is 46.5 Å². The van der Waals surface area contributed by atoms with Gasteiger partial charge in [0.1, 0.15) is 24.1 Å². The van der Waals surface area contributed by atoms with Gasteiger partial charge in [-0.1, -0.05) is 19.3 Å². The van der Waals surface area contributed by atoms with Crippen LogP contribution in [0.4, 0.5) is 10.6 Å². The summed E-state index contributed by atoms with van der Waals surface area (Å²) >= 11 is 1.90. The maximum absolute atomic E-state index is 12.9. The van der Waals surface area contributed by atoms with Crippen molar-refractivity contribution in [3.63, 3.8) is 0 Å². The molecule has 0 radical (unpaired) electrons. The third kappa shape index (κ3) is 8.19. The number of carbonyl (C=O) groups is 4. The van der Waals surface area contributed by atoms with E-state index in [9.17, 15) is 19.2 Å². The van der Waals surface area contributed by atoms with E-state index in [4.69, 9.17) is 19.9 Å². The standard InChI is InChI=1S/C35H52N10O7S/c1-34(2)51-29-32(45-19-41-26-30(36)39-18-40-31(26)45)50-28-27(35(28,29)52-34)43-24(48)14-6-4-10-16-37-22(46)12-5-3-9-15-38-23(47)13-8-7-11-21-25-20(17-53-21)42-33(49)44-25/h18-21,25,27-29,32H,3-17H2,1-2H3,(H,37,46)(H,38,47)(H,43,48)(H2,36,39,40)(H2,42,44,49)/t20-,21-,25-,27?,28+,29-,32+,35+/m0/s1. The Hall–Kier alpha value is -3.74. The molecular formula is C35H52N10O7S. The number of urea groups is 1. The van der Waals surface area contributed by atoms with Gasteiger partial charge >= 0.3 is 6.03 Å². The Morgan fingerprint density at radius 3 is 2.36 bits per heavy atom. The first kappa shape index (κ1) is 37.6. The first-order chi connectivity index (χ1) is 25.6. The molecule has 7 N–H and O–H groups in total. The van der Waals surface area contributed by atoms with Crippen molar-refractivity contribution < 1.29 is 33.4 Å². The van der Waals surface area contributed by atoms with Crippen molar-refractivity contribution in [2.24, 2.45) is 0 Å². The highest BCUT2D eigenvalue weighted by molar-refractivity contribution is 8.00. The Kier molecular flexibility index (Phi) is 11.3. The minimum Gasteiger partial charge on any atom is -0.382 e. The summed E-state index contributed by atoms with van der Waals surface area (Å²) < 4.78 is 20.8. The topological polar surface area (TPSA) is 226 Å². The molecule has 0 bridgehead atoms. The molecule has 5 fully saturated rings. The van der Waals surface area contributed by atoms with Crippen LogP contribution in [0.5, 0.6) is 0 Å². The largest absolute Gasteiger partial charge is 0.382 e. The molecule has 1 unspecified atom stereocenters. The number of ether oxygens (including phenoxy) is 3. The molecule has 5 aliphatic rings. The molecule has 18 heteroatoms. The predicted molar refractivity (Wildman–Crippen MR) is 195 cm³/mol. The third-order valence-electron chi connectivity index (χ3n) is 10.8. The summed E-state index contributed by atoms with van der Waals surface area (Å²) in [6.45, 7) is 4.90. The summed E-state index contributed by atoms with van der Waals surface area (Å²) in [4.78, 5) is 61.6. The van der Waals surface area contributed by atoms with E-state index in [1.54, 1.807) is 10.9 Å². The molecular weight excluding hydrogens is 705 g/mol. The van der Waals surface area contributed by atoms with Crippen molar-refractivity contribution in [2.75, 3.05) is 24.6 Å². The molecule has 4 saturated heterocycles. The van der Waals surface area contributed by atoms with Gasteiger partial charge in [-0.2, -0.15) is 11.8 Å². The van der Waals surface area contributed by atoms with E-state index in [1.165, 1.54) is 6.33 Å². The van der Waals surface area contributed by atoms with Crippen LogP contribution in [0, 0.1) is 0 Å². The number of hydrogen-bond acceptors (Lipinski definition) is 12. The van der Waals surface area contributed by atoms with Crippen molar-refractivity contribution in [3.8, 4) is 0 Å². The lowest BCUT2D eigenvalue weighted by atomic mass is 10.0. The highest BCUT2D eigenvalue weighted by Crippen LogP contribution is 2.63. The third-order valence-corrected chi connectivity index (χ3v) is 12.3. The van der Waals surface area contributed by atoms with E-state index in [0.29, 0.717) is 55.2 Å². The van der Waals surface area contributed by atoms with Crippen LogP contribution >= 0.6 is 11.8 Å². The van der Waals surface area contributed by atoms with Crippen LogP contribution in [0.3, 0.4) is 0 Å². The molecule has 2 aromatic heterocycles. The van der Waals surface area contributed by atoms with Gasteiger partial charge in [0.2, 0.25) is 17.7 Å². The number of anilines is 1. The predicted octanol–water partition coefficient (Wildman–Crippen LogP) is 1.77. The second-order valence-corrected chi connectivity index (χ2v) is 16.4. The first-order valence-electron chi connectivity index (χ1n) is 19.0. The molecule has 4 aliphatic heterocycles. The van der Waals surface area contributed by atoms with Crippen molar-refractivity contribution in [1.29, 1.82) is 0 Å². The number of nitrogens with zero attached hydrogens (tertiary/aromatic N) is 4. The van der Waals surface area contributed by atoms with Gasteiger partial charge in [-0.25, -0.2) is 19.7 Å². The fourth-order valence-corrected chi connectivity index (χ4v) is 9.73. The maximum Gasteiger partial charge on any atom is 0.315 e. The van der Waals surface area contributed by atoms with Crippen LogP contribution in [0.2, 0.25) is 0 Å². The van der Waals surface area contributed by atoms with E-state index >= 15 is 0 Å². The zero-order chi connectivity index (χ0) is 37.2. The summed E-state index contributed by atoms with van der Waals surface area (Å²) in [5.74, 6) is 0.408. The van der Waals surface area contributed by atoms with Crippen LogP contribution < -0.4 is 32.3 Å². The number of unbranched alkanes of at least 4 members (excludes halogenated alkanes) is 5. The molecule has 1 saturated carbocycles. The van der Waals surface area contributed by atoms with Gasteiger partial charge in [0.05, 0.1) is 24.5 Å². The average Bonchev–Trinajstić information content (AvgIpc) is 3.72. The van der Waals surface area contributed by atoms with Gasteiger partial charge in [-0.3, -0.25) is 19.0 Å². The number of fused-ring (bicyclic) bond motifs is 2. The molecule has 290 valence electrons. The molecule has 2 aromatic rings. The fourth-order valence-electron chi connectivity index (χ4n) is 8.19. The average molecular weight is 757 g/mol. The zero-order valence-electron chi connectivity index (χ0n) is 30.4. The fraction of sp³-hybridized carbons (Fsp3) is 0.743. The van der Waals surface area contributed by atoms with Crippen LogP contribution in [-0.4, -0.2) is 109 Å². The Bertz CT molecular complexity index is 1680. The molecule has 53 heavy (non-hydrogen) atoms. The Morgan fingerprint density at radius 1 is 0.925 bits per heavy atom. The molecule has 5 amide bonds. The van der Waals surface area contributed by atoms with E-state index in [0.717, 1.165) is 57.1 Å². The number of imidazole rings is 1. The monoisotopic (exact) mass is 756 g/mol. The van der Waals surface area contributed by atoms with Gasteiger partial charge in [-0.15, -0.1) is 0 Å². The Labute approximate surface area is 312 Å². The summed E-state index contributed by atoms with van der Waals surface area (Å²) in [6, 6.07) is 0.0541. The Balaban J connectivity index is 0.699. The quantitative estimate of drug-likeness (QED) is 0.0891. The lowest BCUT2D eigenvalue weighted by molar-refractivity contribution is -0.183. The minimum absolute atomic E-state index is 0.0279. The van der Waals surface area contributed by atoms with E-state index in [2.05, 4.69) is 41.5 Å². The van der Waals surface area contributed by atoms with Crippen LogP contribution in [0.1, 0.15) is 97.1 Å². The van der Waals surface area contributed by atoms with Crippen molar-refractivity contribution in [1.82, 2.24) is 46.1 Å². The maximum atomic E-state index is 12.9. The van der Waals surface area contributed by atoms with Crippen LogP contribution in [-0.2, 0) is 28.6 Å². The van der Waals surface area contributed by atoms with E-state index < -0.39 is 23.7 Å². The highest BCUT2D eigenvalue weighted by atomic mass is 32.2. The second-order valence-electron chi connectivity index (χ2n) is 15.2. The van der Waals surface area contributed by atoms with Crippen molar-refractivity contribution in [2.45, 2.75) is 144 Å². The van der Waals surface area contributed by atoms with Gasteiger partial charge in [0.25, 0.3) is 0 Å². The molecule has 7 rings (SSSR count). The van der Waals surface area contributed by atoms with Crippen LogP contribution in [0.25, 0.3) is 11.2 Å².